The van der Waals surface area contributed by atoms with Gasteiger partial charge in [-0.2, -0.15) is 0 Å². The molecule has 1 N–H and O–H groups in total. The Morgan fingerprint density at radius 2 is 2.43 bits per heavy atom. The molecule has 0 saturated carbocycles. The van der Waals surface area contributed by atoms with Crippen molar-refractivity contribution in [3.8, 4) is 5.88 Å². The third kappa shape index (κ3) is 3.12. The average molecular weight is 216 g/mol. The first kappa shape index (κ1) is 11.2. The molecule has 0 amide bonds. The molecule has 0 bridgehead atoms. The minimum Gasteiger partial charge on any atom is -0.475 e. The zero-order chi connectivity index (χ0) is 8.93. The maximum Gasteiger partial charge on any atom is 0.232 e. The molecule has 0 spiro atoms. The summed E-state index contributed by atoms with van der Waals surface area (Å²) in [6.45, 7) is 1.80. The fourth-order valence-electron chi connectivity index (χ4n) is 1.44. The summed E-state index contributed by atoms with van der Waals surface area (Å²) in [4.78, 5) is 7.95. The van der Waals surface area contributed by atoms with Gasteiger partial charge < -0.3 is 10.1 Å². The zero-order valence-corrected chi connectivity index (χ0v) is 8.67. The van der Waals surface area contributed by atoms with E-state index in [1.807, 2.05) is 0 Å². The first-order valence-corrected chi connectivity index (χ1v) is 4.57. The quantitative estimate of drug-likeness (QED) is 0.818. The number of nitrogens with one attached hydrogen (secondary N) is 1. The number of hydrogen-bond acceptors (Lipinski definition) is 4. The Bertz CT molecular complexity index is 251. The predicted molar refractivity (Wildman–Crippen MR) is 55.8 cm³/mol. The molecule has 0 radical (unpaired) electrons. The largest absolute Gasteiger partial charge is 0.475 e. The number of aromatic nitrogens is 2. The lowest BCUT2D eigenvalue weighted by Gasteiger charge is -2.10. The van der Waals surface area contributed by atoms with Gasteiger partial charge in [-0.15, -0.1) is 12.4 Å². The predicted octanol–water partition coefficient (Wildman–Crippen LogP) is 1.03. The summed E-state index contributed by atoms with van der Waals surface area (Å²) < 4.78 is 5.45. The van der Waals surface area contributed by atoms with Gasteiger partial charge in [-0.3, -0.25) is 4.98 Å². The van der Waals surface area contributed by atoms with E-state index < -0.39 is 0 Å². The number of ether oxygens (including phenoxy) is 1. The fourth-order valence-corrected chi connectivity index (χ4v) is 1.44. The van der Waals surface area contributed by atoms with Crippen LogP contribution in [0.1, 0.15) is 12.8 Å². The van der Waals surface area contributed by atoms with Crippen molar-refractivity contribution < 1.29 is 4.74 Å². The second-order valence-electron chi connectivity index (χ2n) is 3.15. The van der Waals surface area contributed by atoms with Crippen molar-refractivity contribution in [1.29, 1.82) is 0 Å². The molecular formula is C9H14ClN3O. The van der Waals surface area contributed by atoms with Gasteiger partial charge in [0.25, 0.3) is 0 Å². The van der Waals surface area contributed by atoms with Crippen molar-refractivity contribution in [3.63, 3.8) is 0 Å². The van der Waals surface area contributed by atoms with E-state index in [9.17, 15) is 0 Å². The van der Waals surface area contributed by atoms with Crippen LogP contribution in [0.2, 0.25) is 0 Å². The van der Waals surface area contributed by atoms with Crippen LogP contribution in [0.15, 0.2) is 18.6 Å². The van der Waals surface area contributed by atoms with Crippen molar-refractivity contribution in [2.75, 3.05) is 13.2 Å². The summed E-state index contributed by atoms with van der Waals surface area (Å²) in [7, 11) is 0. The maximum absolute atomic E-state index is 5.45. The Balaban J connectivity index is 0.000000980. The molecule has 78 valence electrons. The summed E-state index contributed by atoms with van der Waals surface area (Å²) >= 11 is 0. The van der Waals surface area contributed by atoms with Gasteiger partial charge in [0.1, 0.15) is 6.61 Å². The Kier molecular flexibility index (Phi) is 4.62. The van der Waals surface area contributed by atoms with Gasteiger partial charge in [-0.05, 0) is 19.4 Å². The topological polar surface area (TPSA) is 47.0 Å². The highest BCUT2D eigenvalue weighted by Crippen LogP contribution is 2.07. The van der Waals surface area contributed by atoms with Crippen LogP contribution in [0.4, 0.5) is 0 Å². The van der Waals surface area contributed by atoms with E-state index >= 15 is 0 Å². The van der Waals surface area contributed by atoms with E-state index in [4.69, 9.17) is 4.74 Å². The molecule has 1 aromatic heterocycles. The molecular weight excluding hydrogens is 202 g/mol. The third-order valence-electron chi connectivity index (χ3n) is 2.13. The van der Waals surface area contributed by atoms with E-state index in [2.05, 4.69) is 15.3 Å². The van der Waals surface area contributed by atoms with Gasteiger partial charge in [-0.25, -0.2) is 4.98 Å². The molecule has 5 heteroatoms. The van der Waals surface area contributed by atoms with Crippen LogP contribution in [-0.2, 0) is 0 Å². The number of nitrogens with zero attached hydrogens (tertiary/aromatic N) is 2. The molecule has 1 saturated heterocycles. The second-order valence-corrected chi connectivity index (χ2v) is 3.15. The van der Waals surface area contributed by atoms with Crippen molar-refractivity contribution in [3.05, 3.63) is 18.6 Å². The van der Waals surface area contributed by atoms with Gasteiger partial charge in [0.2, 0.25) is 5.88 Å². The molecule has 1 fully saturated rings. The normalized spacial score (nSPS) is 20.1. The van der Waals surface area contributed by atoms with Crippen LogP contribution in [0, 0.1) is 0 Å². The number of halogens is 1. The van der Waals surface area contributed by atoms with Crippen LogP contribution in [0.25, 0.3) is 0 Å². The summed E-state index contributed by atoms with van der Waals surface area (Å²) in [5, 5.41) is 3.35. The molecule has 1 aliphatic heterocycles. The molecule has 1 unspecified atom stereocenters. The zero-order valence-electron chi connectivity index (χ0n) is 7.85. The van der Waals surface area contributed by atoms with Gasteiger partial charge >= 0.3 is 0 Å². The van der Waals surface area contributed by atoms with E-state index in [1.165, 1.54) is 12.8 Å². The van der Waals surface area contributed by atoms with Gasteiger partial charge in [0.05, 0.1) is 6.20 Å². The molecule has 14 heavy (non-hydrogen) atoms. The summed E-state index contributed by atoms with van der Waals surface area (Å²) in [5.41, 5.74) is 0. The van der Waals surface area contributed by atoms with Crippen molar-refractivity contribution in [2.45, 2.75) is 18.9 Å². The molecule has 2 rings (SSSR count). The van der Waals surface area contributed by atoms with Crippen LogP contribution < -0.4 is 10.1 Å². The van der Waals surface area contributed by atoms with Crippen molar-refractivity contribution in [1.82, 2.24) is 15.3 Å². The monoisotopic (exact) mass is 215 g/mol. The molecule has 1 atom stereocenters. The lowest BCUT2D eigenvalue weighted by molar-refractivity contribution is 0.266. The van der Waals surface area contributed by atoms with E-state index in [-0.39, 0.29) is 12.4 Å². The molecule has 1 aromatic rings. The first-order chi connectivity index (χ1) is 6.45. The van der Waals surface area contributed by atoms with Crippen LogP contribution in [0.5, 0.6) is 5.88 Å². The molecule has 0 aromatic carbocycles. The summed E-state index contributed by atoms with van der Waals surface area (Å²) in [6, 6.07) is 0.488. The Morgan fingerprint density at radius 3 is 3.07 bits per heavy atom. The Labute approximate surface area is 89.5 Å². The highest BCUT2D eigenvalue weighted by Gasteiger charge is 2.14. The smallest absolute Gasteiger partial charge is 0.232 e. The SMILES string of the molecule is Cl.c1cnc(OCC2CCCN2)cn1. The van der Waals surface area contributed by atoms with Crippen LogP contribution in [-0.4, -0.2) is 29.2 Å². The maximum atomic E-state index is 5.45. The Morgan fingerprint density at radius 1 is 1.50 bits per heavy atom. The van der Waals surface area contributed by atoms with Gasteiger partial charge in [0, 0.05) is 18.4 Å². The number of rotatable bonds is 3. The third-order valence-corrected chi connectivity index (χ3v) is 2.13. The standard InChI is InChI=1S/C9H13N3O.ClH/c1-2-8(11-3-1)7-13-9-6-10-4-5-12-9;/h4-6,8,11H,1-3,7H2;1H. The van der Waals surface area contributed by atoms with Crippen molar-refractivity contribution >= 4 is 12.4 Å². The molecule has 0 aliphatic carbocycles. The van der Waals surface area contributed by atoms with E-state index in [1.54, 1.807) is 18.6 Å². The lowest BCUT2D eigenvalue weighted by atomic mass is 10.2. The minimum absolute atomic E-state index is 0. The van der Waals surface area contributed by atoms with Crippen LogP contribution in [0.3, 0.4) is 0 Å². The van der Waals surface area contributed by atoms with Crippen molar-refractivity contribution in [2.24, 2.45) is 0 Å². The first-order valence-electron chi connectivity index (χ1n) is 4.57. The molecule has 1 aliphatic rings. The Hall–Kier alpha value is -0.870. The second kappa shape index (κ2) is 5.78. The minimum atomic E-state index is 0. The van der Waals surface area contributed by atoms with E-state index in [0.29, 0.717) is 18.5 Å². The fraction of sp³-hybridized carbons (Fsp3) is 0.556. The van der Waals surface area contributed by atoms with Gasteiger partial charge in [0.15, 0.2) is 0 Å². The van der Waals surface area contributed by atoms with Crippen LogP contribution >= 0.6 is 12.4 Å². The van der Waals surface area contributed by atoms with Gasteiger partial charge in [-0.1, -0.05) is 0 Å². The number of hydrogen-bond donors (Lipinski definition) is 1. The molecule has 2 heterocycles. The molecule has 4 nitrogen and oxygen atoms in total. The average Bonchev–Trinajstić information content (AvgIpc) is 2.69. The highest BCUT2D eigenvalue weighted by molar-refractivity contribution is 5.85. The summed E-state index contributed by atoms with van der Waals surface area (Å²) in [5.74, 6) is 0.608. The summed E-state index contributed by atoms with van der Waals surface area (Å²) in [6.07, 6.45) is 7.35. The lowest BCUT2D eigenvalue weighted by Crippen LogP contribution is -2.28. The van der Waals surface area contributed by atoms with E-state index in [0.717, 1.165) is 6.54 Å². The highest BCUT2D eigenvalue weighted by atomic mass is 35.5.